The molecule has 4 nitrogen and oxygen atoms in total. The third-order valence-corrected chi connectivity index (χ3v) is 3.32. The van der Waals surface area contributed by atoms with Crippen LogP contribution in [0.25, 0.3) is 0 Å². The van der Waals surface area contributed by atoms with E-state index >= 15 is 0 Å². The van der Waals surface area contributed by atoms with E-state index in [4.69, 9.17) is 14.2 Å². The van der Waals surface area contributed by atoms with Gasteiger partial charge in [0.2, 0.25) is 0 Å². The number of hydrogen-bond donors (Lipinski definition) is 1. The predicted molar refractivity (Wildman–Crippen MR) is 68.7 cm³/mol. The molecule has 1 aromatic carbocycles. The fourth-order valence-electron chi connectivity index (χ4n) is 1.69. The number of nitrogens with one attached hydrogen (secondary N) is 1. The van der Waals surface area contributed by atoms with Gasteiger partial charge in [-0.1, -0.05) is 0 Å². The van der Waals surface area contributed by atoms with Crippen LogP contribution in [0.1, 0.15) is 5.56 Å². The van der Waals surface area contributed by atoms with Crippen LogP contribution in [0.2, 0.25) is 0 Å². The summed E-state index contributed by atoms with van der Waals surface area (Å²) >= 11 is 3.48. The molecule has 1 fully saturated rings. The van der Waals surface area contributed by atoms with Crippen molar-refractivity contribution in [3.63, 3.8) is 0 Å². The first kappa shape index (κ1) is 12.7. The lowest BCUT2D eigenvalue weighted by Gasteiger charge is -2.27. The van der Waals surface area contributed by atoms with Gasteiger partial charge in [0.05, 0.1) is 37.9 Å². The highest BCUT2D eigenvalue weighted by molar-refractivity contribution is 9.10. The summed E-state index contributed by atoms with van der Waals surface area (Å²) in [5, 5.41) is 3.41. The molecule has 0 saturated carbocycles. The Kier molecular flexibility index (Phi) is 4.25. The normalized spacial score (nSPS) is 15.5. The summed E-state index contributed by atoms with van der Waals surface area (Å²) in [5.41, 5.74) is 1.15. The van der Waals surface area contributed by atoms with Crippen LogP contribution in [-0.4, -0.2) is 33.5 Å². The molecule has 2 rings (SSSR count). The van der Waals surface area contributed by atoms with E-state index in [0.717, 1.165) is 41.3 Å². The minimum absolute atomic E-state index is 0.474. The Balaban J connectivity index is 2.08. The second-order valence-corrected chi connectivity index (χ2v) is 4.78. The van der Waals surface area contributed by atoms with Crippen molar-refractivity contribution in [1.82, 2.24) is 5.32 Å². The second-order valence-electron chi connectivity index (χ2n) is 3.93. The van der Waals surface area contributed by atoms with Crippen LogP contribution >= 0.6 is 15.9 Å². The summed E-state index contributed by atoms with van der Waals surface area (Å²) in [4.78, 5) is 0. The third-order valence-electron chi connectivity index (χ3n) is 2.73. The monoisotopic (exact) mass is 301 g/mol. The van der Waals surface area contributed by atoms with E-state index < -0.39 is 0 Å². The summed E-state index contributed by atoms with van der Waals surface area (Å²) < 4.78 is 16.6. The number of methoxy groups -OCH3 is 2. The Morgan fingerprint density at radius 3 is 2.65 bits per heavy atom. The van der Waals surface area contributed by atoms with Gasteiger partial charge in [0, 0.05) is 6.54 Å². The van der Waals surface area contributed by atoms with Crippen LogP contribution in [0.4, 0.5) is 0 Å². The number of rotatable bonds is 5. The SMILES string of the molecule is COc1cc(CNC2COC2)cc(Br)c1OC. The van der Waals surface area contributed by atoms with Gasteiger partial charge in [-0.05, 0) is 33.6 Å². The third kappa shape index (κ3) is 2.91. The Hall–Kier alpha value is -0.780. The first-order valence-electron chi connectivity index (χ1n) is 5.46. The van der Waals surface area contributed by atoms with Gasteiger partial charge in [-0.2, -0.15) is 0 Å². The molecule has 0 aliphatic carbocycles. The van der Waals surface area contributed by atoms with Gasteiger partial charge in [0.1, 0.15) is 0 Å². The molecule has 0 aromatic heterocycles. The fraction of sp³-hybridized carbons (Fsp3) is 0.500. The van der Waals surface area contributed by atoms with E-state index in [1.165, 1.54) is 0 Å². The zero-order chi connectivity index (χ0) is 12.3. The summed E-state index contributed by atoms with van der Waals surface area (Å²) in [6.07, 6.45) is 0. The highest BCUT2D eigenvalue weighted by Gasteiger charge is 2.18. The van der Waals surface area contributed by atoms with Crippen molar-refractivity contribution in [2.45, 2.75) is 12.6 Å². The molecule has 5 heteroatoms. The molecule has 1 saturated heterocycles. The molecule has 0 bridgehead atoms. The van der Waals surface area contributed by atoms with Crippen molar-refractivity contribution in [1.29, 1.82) is 0 Å². The van der Waals surface area contributed by atoms with Crippen LogP contribution in [0, 0.1) is 0 Å². The number of benzene rings is 1. The molecule has 1 aromatic rings. The van der Waals surface area contributed by atoms with Crippen LogP contribution in [0.15, 0.2) is 16.6 Å². The average molecular weight is 302 g/mol. The van der Waals surface area contributed by atoms with Gasteiger partial charge < -0.3 is 19.5 Å². The molecule has 0 unspecified atom stereocenters. The molecule has 0 radical (unpaired) electrons. The molecular formula is C12H16BrNO3. The van der Waals surface area contributed by atoms with E-state index in [0.29, 0.717) is 6.04 Å². The highest BCUT2D eigenvalue weighted by Crippen LogP contribution is 2.36. The van der Waals surface area contributed by atoms with Gasteiger partial charge >= 0.3 is 0 Å². The van der Waals surface area contributed by atoms with Crippen molar-refractivity contribution in [2.75, 3.05) is 27.4 Å². The van der Waals surface area contributed by atoms with E-state index in [9.17, 15) is 0 Å². The molecule has 1 aliphatic rings. The van der Waals surface area contributed by atoms with Crippen LogP contribution < -0.4 is 14.8 Å². The van der Waals surface area contributed by atoms with Crippen molar-refractivity contribution in [3.8, 4) is 11.5 Å². The zero-order valence-corrected chi connectivity index (χ0v) is 11.5. The highest BCUT2D eigenvalue weighted by atomic mass is 79.9. The second kappa shape index (κ2) is 5.71. The van der Waals surface area contributed by atoms with Crippen molar-refractivity contribution in [3.05, 3.63) is 22.2 Å². The minimum atomic E-state index is 0.474. The first-order chi connectivity index (χ1) is 8.24. The number of ether oxygens (including phenoxy) is 3. The maximum Gasteiger partial charge on any atom is 0.174 e. The topological polar surface area (TPSA) is 39.7 Å². The number of halogens is 1. The standard InChI is InChI=1S/C12H16BrNO3/c1-15-11-4-8(3-10(13)12(11)16-2)5-14-9-6-17-7-9/h3-4,9,14H,5-7H2,1-2H3. The molecular weight excluding hydrogens is 286 g/mol. The van der Waals surface area contributed by atoms with Crippen LogP contribution in [0.5, 0.6) is 11.5 Å². The lowest BCUT2D eigenvalue weighted by molar-refractivity contribution is -0.00579. The lowest BCUT2D eigenvalue weighted by atomic mass is 10.1. The Labute approximate surface area is 109 Å². The van der Waals surface area contributed by atoms with Crippen molar-refractivity contribution >= 4 is 15.9 Å². The van der Waals surface area contributed by atoms with Gasteiger partial charge in [-0.25, -0.2) is 0 Å². The van der Waals surface area contributed by atoms with Gasteiger partial charge in [-0.15, -0.1) is 0 Å². The Morgan fingerprint density at radius 1 is 1.35 bits per heavy atom. The Morgan fingerprint density at radius 2 is 2.12 bits per heavy atom. The van der Waals surface area contributed by atoms with Crippen LogP contribution in [0.3, 0.4) is 0 Å². The number of hydrogen-bond acceptors (Lipinski definition) is 4. The van der Waals surface area contributed by atoms with Crippen molar-refractivity contribution < 1.29 is 14.2 Å². The predicted octanol–water partition coefficient (Wildman–Crippen LogP) is 1.95. The average Bonchev–Trinajstić information content (AvgIpc) is 2.26. The first-order valence-corrected chi connectivity index (χ1v) is 6.25. The van der Waals surface area contributed by atoms with Gasteiger partial charge in [0.25, 0.3) is 0 Å². The molecule has 94 valence electrons. The maximum atomic E-state index is 5.30. The van der Waals surface area contributed by atoms with Crippen LogP contribution in [-0.2, 0) is 11.3 Å². The molecule has 1 heterocycles. The van der Waals surface area contributed by atoms with E-state index in [1.807, 2.05) is 12.1 Å². The smallest absolute Gasteiger partial charge is 0.174 e. The summed E-state index contributed by atoms with van der Waals surface area (Å²) in [7, 11) is 3.27. The fourth-order valence-corrected chi connectivity index (χ4v) is 2.34. The largest absolute Gasteiger partial charge is 0.493 e. The van der Waals surface area contributed by atoms with Gasteiger partial charge in [-0.3, -0.25) is 0 Å². The summed E-state index contributed by atoms with van der Waals surface area (Å²) in [5.74, 6) is 1.46. The van der Waals surface area contributed by atoms with Gasteiger partial charge in [0.15, 0.2) is 11.5 Å². The molecule has 0 spiro atoms. The van der Waals surface area contributed by atoms with Crippen molar-refractivity contribution in [2.24, 2.45) is 0 Å². The van der Waals surface area contributed by atoms with E-state index in [1.54, 1.807) is 14.2 Å². The lowest BCUT2D eigenvalue weighted by Crippen LogP contribution is -2.45. The zero-order valence-electron chi connectivity index (χ0n) is 9.96. The summed E-state index contributed by atoms with van der Waals surface area (Å²) in [6, 6.07) is 4.49. The molecule has 1 aliphatic heterocycles. The van der Waals surface area contributed by atoms with E-state index in [-0.39, 0.29) is 0 Å². The summed E-state index contributed by atoms with van der Waals surface area (Å²) in [6.45, 7) is 2.40. The maximum absolute atomic E-state index is 5.30. The molecule has 0 atom stereocenters. The minimum Gasteiger partial charge on any atom is -0.493 e. The van der Waals surface area contributed by atoms with E-state index in [2.05, 4.69) is 21.2 Å². The Bertz CT molecular complexity index is 394. The molecule has 17 heavy (non-hydrogen) atoms. The quantitative estimate of drug-likeness (QED) is 0.902. The molecule has 0 amide bonds. The molecule has 1 N–H and O–H groups in total.